The van der Waals surface area contributed by atoms with Crippen molar-refractivity contribution in [3.8, 4) is 0 Å². The lowest BCUT2D eigenvalue weighted by atomic mass is 10.1. The van der Waals surface area contributed by atoms with Gasteiger partial charge in [0.1, 0.15) is 0 Å². The van der Waals surface area contributed by atoms with Crippen LogP contribution in [0.15, 0.2) is 6.07 Å². The molecular weight excluding hydrogens is 220 g/mol. The average molecular weight is 240 g/mol. The Hall–Kier alpha value is -0.870. The van der Waals surface area contributed by atoms with Crippen molar-refractivity contribution in [3.05, 3.63) is 21.4 Å². The summed E-state index contributed by atoms with van der Waals surface area (Å²) in [7, 11) is 0. The maximum atomic E-state index is 11.5. The molecule has 1 rings (SSSR count). The van der Waals surface area contributed by atoms with Gasteiger partial charge in [-0.2, -0.15) is 0 Å². The van der Waals surface area contributed by atoms with Crippen LogP contribution in [0.5, 0.6) is 0 Å². The lowest BCUT2D eigenvalue weighted by molar-refractivity contribution is -0.122. The molecule has 1 unspecified atom stereocenters. The molecule has 3 nitrogen and oxygen atoms in total. The van der Waals surface area contributed by atoms with Gasteiger partial charge in [0.25, 0.3) is 0 Å². The minimum atomic E-state index is 0.0849. The first-order valence-corrected chi connectivity index (χ1v) is 6.37. The van der Waals surface area contributed by atoms with Crippen LogP contribution in [0.2, 0.25) is 0 Å². The van der Waals surface area contributed by atoms with Crippen LogP contribution in [0.4, 0.5) is 0 Å². The SMILES string of the molecule is Cc1cc(CNC(=O)CC(C)CN)sc1C. The number of thiophene rings is 1. The Labute approximate surface area is 101 Å². The Morgan fingerprint density at radius 1 is 1.56 bits per heavy atom. The van der Waals surface area contributed by atoms with E-state index in [0.717, 1.165) is 0 Å². The predicted molar refractivity (Wildman–Crippen MR) is 68.5 cm³/mol. The second-order valence-electron chi connectivity index (χ2n) is 4.27. The average Bonchev–Trinajstić information content (AvgIpc) is 2.55. The van der Waals surface area contributed by atoms with E-state index in [2.05, 4.69) is 25.2 Å². The van der Waals surface area contributed by atoms with Crippen LogP contribution < -0.4 is 11.1 Å². The fourth-order valence-corrected chi connectivity index (χ4v) is 2.39. The van der Waals surface area contributed by atoms with E-state index >= 15 is 0 Å². The van der Waals surface area contributed by atoms with Gasteiger partial charge in [0.15, 0.2) is 0 Å². The van der Waals surface area contributed by atoms with E-state index in [0.29, 0.717) is 19.5 Å². The van der Waals surface area contributed by atoms with Crippen LogP contribution in [0.3, 0.4) is 0 Å². The first-order chi connectivity index (χ1) is 7.52. The molecule has 1 aromatic rings. The molecule has 4 heteroatoms. The number of hydrogen-bond donors (Lipinski definition) is 2. The molecule has 0 bridgehead atoms. The molecule has 0 saturated carbocycles. The summed E-state index contributed by atoms with van der Waals surface area (Å²) in [5.41, 5.74) is 6.77. The monoisotopic (exact) mass is 240 g/mol. The molecule has 3 N–H and O–H groups in total. The third kappa shape index (κ3) is 3.94. The number of nitrogens with one attached hydrogen (secondary N) is 1. The highest BCUT2D eigenvalue weighted by atomic mass is 32.1. The third-order valence-electron chi connectivity index (χ3n) is 2.61. The lowest BCUT2D eigenvalue weighted by Crippen LogP contribution is -2.26. The van der Waals surface area contributed by atoms with E-state index in [1.165, 1.54) is 15.3 Å². The second-order valence-corrected chi connectivity index (χ2v) is 5.61. The summed E-state index contributed by atoms with van der Waals surface area (Å²) in [5.74, 6) is 0.341. The maximum absolute atomic E-state index is 11.5. The molecule has 0 fully saturated rings. The largest absolute Gasteiger partial charge is 0.351 e. The van der Waals surface area contributed by atoms with Crippen molar-refractivity contribution in [2.75, 3.05) is 6.54 Å². The molecule has 0 saturated heterocycles. The van der Waals surface area contributed by atoms with E-state index in [4.69, 9.17) is 5.73 Å². The quantitative estimate of drug-likeness (QED) is 0.826. The normalized spacial score (nSPS) is 12.5. The molecule has 1 aromatic heterocycles. The summed E-state index contributed by atoms with van der Waals surface area (Å²) >= 11 is 1.74. The molecule has 1 amide bonds. The zero-order valence-electron chi connectivity index (χ0n) is 10.2. The number of hydrogen-bond acceptors (Lipinski definition) is 3. The summed E-state index contributed by atoms with van der Waals surface area (Å²) in [5, 5.41) is 2.92. The molecule has 0 aliphatic rings. The first kappa shape index (κ1) is 13.2. The van der Waals surface area contributed by atoms with Gasteiger partial charge in [0, 0.05) is 16.2 Å². The van der Waals surface area contributed by atoms with Crippen LogP contribution in [0.25, 0.3) is 0 Å². The third-order valence-corrected chi connectivity index (χ3v) is 3.77. The van der Waals surface area contributed by atoms with Crippen molar-refractivity contribution < 1.29 is 4.79 Å². The molecule has 0 radical (unpaired) electrons. The lowest BCUT2D eigenvalue weighted by Gasteiger charge is -2.08. The fraction of sp³-hybridized carbons (Fsp3) is 0.583. The van der Waals surface area contributed by atoms with Crippen LogP contribution in [0.1, 0.15) is 28.7 Å². The van der Waals surface area contributed by atoms with Gasteiger partial charge in [-0.3, -0.25) is 4.79 Å². The Morgan fingerprint density at radius 3 is 2.75 bits per heavy atom. The van der Waals surface area contributed by atoms with Crippen LogP contribution >= 0.6 is 11.3 Å². The van der Waals surface area contributed by atoms with Crippen LogP contribution in [-0.4, -0.2) is 12.5 Å². The van der Waals surface area contributed by atoms with E-state index in [1.807, 2.05) is 6.92 Å². The second kappa shape index (κ2) is 6.01. The number of amides is 1. The molecule has 0 aliphatic heterocycles. The van der Waals surface area contributed by atoms with E-state index in [-0.39, 0.29) is 11.8 Å². The smallest absolute Gasteiger partial charge is 0.220 e. The topological polar surface area (TPSA) is 55.1 Å². The van der Waals surface area contributed by atoms with Crippen LogP contribution in [0, 0.1) is 19.8 Å². The minimum Gasteiger partial charge on any atom is -0.351 e. The summed E-state index contributed by atoms with van der Waals surface area (Å²) in [4.78, 5) is 14.0. The van der Waals surface area contributed by atoms with Gasteiger partial charge in [-0.25, -0.2) is 0 Å². The van der Waals surface area contributed by atoms with Crippen LogP contribution in [-0.2, 0) is 11.3 Å². The van der Waals surface area contributed by atoms with Gasteiger partial charge >= 0.3 is 0 Å². The zero-order chi connectivity index (χ0) is 12.1. The van der Waals surface area contributed by atoms with Gasteiger partial charge in [-0.1, -0.05) is 6.92 Å². The molecule has 0 aliphatic carbocycles. The first-order valence-electron chi connectivity index (χ1n) is 5.55. The Kier molecular flexibility index (Phi) is 4.96. The molecule has 1 atom stereocenters. The maximum Gasteiger partial charge on any atom is 0.220 e. The van der Waals surface area contributed by atoms with E-state index < -0.39 is 0 Å². The summed E-state index contributed by atoms with van der Waals surface area (Å²) in [6.45, 7) is 7.37. The number of carbonyl (C=O) groups is 1. The molecule has 16 heavy (non-hydrogen) atoms. The highest BCUT2D eigenvalue weighted by Gasteiger charge is 2.08. The molecular formula is C12H20N2OS. The summed E-state index contributed by atoms with van der Waals surface area (Å²) in [6.07, 6.45) is 0.514. The number of rotatable bonds is 5. The van der Waals surface area contributed by atoms with Gasteiger partial charge < -0.3 is 11.1 Å². The zero-order valence-corrected chi connectivity index (χ0v) is 11.0. The van der Waals surface area contributed by atoms with Crippen molar-refractivity contribution in [1.29, 1.82) is 0 Å². The van der Waals surface area contributed by atoms with Crippen molar-refractivity contribution in [1.82, 2.24) is 5.32 Å². The number of nitrogens with two attached hydrogens (primary N) is 1. The number of aryl methyl sites for hydroxylation is 2. The summed E-state index contributed by atoms with van der Waals surface area (Å²) < 4.78 is 0. The van der Waals surface area contributed by atoms with Crippen molar-refractivity contribution in [2.45, 2.75) is 33.7 Å². The molecule has 90 valence electrons. The van der Waals surface area contributed by atoms with Gasteiger partial charge in [0.2, 0.25) is 5.91 Å². The van der Waals surface area contributed by atoms with Crippen molar-refractivity contribution in [2.24, 2.45) is 11.7 Å². The van der Waals surface area contributed by atoms with Crippen molar-refractivity contribution in [3.63, 3.8) is 0 Å². The molecule has 0 aromatic carbocycles. The van der Waals surface area contributed by atoms with Gasteiger partial charge in [-0.05, 0) is 37.9 Å². The van der Waals surface area contributed by atoms with Crippen molar-refractivity contribution >= 4 is 17.2 Å². The Bertz CT molecular complexity index is 340. The van der Waals surface area contributed by atoms with Gasteiger partial charge in [0.05, 0.1) is 6.54 Å². The molecule has 1 heterocycles. The summed E-state index contributed by atoms with van der Waals surface area (Å²) in [6, 6.07) is 2.13. The Morgan fingerprint density at radius 2 is 2.25 bits per heavy atom. The Balaban J connectivity index is 2.37. The van der Waals surface area contributed by atoms with Gasteiger partial charge in [-0.15, -0.1) is 11.3 Å². The fourth-order valence-electron chi connectivity index (χ4n) is 1.39. The highest BCUT2D eigenvalue weighted by molar-refractivity contribution is 7.12. The predicted octanol–water partition coefficient (Wildman–Crippen LogP) is 1.97. The standard InChI is InChI=1S/C12H20N2OS/c1-8(6-13)4-12(15)14-7-11-5-9(2)10(3)16-11/h5,8H,4,6-7,13H2,1-3H3,(H,14,15). The minimum absolute atomic E-state index is 0.0849. The van der Waals surface area contributed by atoms with E-state index in [1.54, 1.807) is 11.3 Å². The van der Waals surface area contributed by atoms with E-state index in [9.17, 15) is 4.79 Å². The number of carbonyl (C=O) groups excluding carboxylic acids is 1. The molecule has 0 spiro atoms. The highest BCUT2D eigenvalue weighted by Crippen LogP contribution is 2.20.